The molecular formula is C27H30F5N5O5SSi. The van der Waals surface area contributed by atoms with Gasteiger partial charge in [-0.1, -0.05) is 19.6 Å². The molecule has 0 aliphatic rings. The molecule has 10 nitrogen and oxygen atoms in total. The minimum atomic E-state index is -4.63. The van der Waals surface area contributed by atoms with Crippen LogP contribution in [0.4, 0.5) is 27.6 Å². The number of alkyl halides is 2. The molecule has 4 rings (SSSR count). The van der Waals surface area contributed by atoms with Crippen molar-refractivity contribution < 1.29 is 44.6 Å². The third kappa shape index (κ3) is 7.62. The van der Waals surface area contributed by atoms with Crippen LogP contribution >= 0.6 is 0 Å². The molecule has 1 aromatic carbocycles. The maximum Gasteiger partial charge on any atom is 0.289 e. The predicted molar refractivity (Wildman–Crippen MR) is 153 cm³/mol. The molecule has 0 aliphatic heterocycles. The van der Waals surface area contributed by atoms with Crippen molar-refractivity contribution in [3.05, 3.63) is 65.4 Å². The summed E-state index contributed by atoms with van der Waals surface area (Å²) in [5, 5.41) is 3.93. The van der Waals surface area contributed by atoms with E-state index in [0.29, 0.717) is 19.6 Å². The fraction of sp³-hybridized carbons (Fsp3) is 0.370. The predicted octanol–water partition coefficient (Wildman–Crippen LogP) is 6.06. The number of halogens is 5. The third-order valence-corrected chi connectivity index (χ3v) is 9.33. The monoisotopic (exact) mass is 659 g/mol. The van der Waals surface area contributed by atoms with Crippen LogP contribution < -0.4 is 14.2 Å². The number of aromatic nitrogens is 4. The molecule has 0 bridgehead atoms. The number of hydrogen-bond donors (Lipinski definition) is 1. The largest absolute Gasteiger partial charge is 0.487 e. The summed E-state index contributed by atoms with van der Waals surface area (Å²) in [6, 6.07) is 4.32. The van der Waals surface area contributed by atoms with Gasteiger partial charge in [0.15, 0.2) is 16.4 Å². The fourth-order valence-corrected chi connectivity index (χ4v) is 5.93. The molecule has 0 saturated heterocycles. The Morgan fingerprint density at radius 1 is 1.07 bits per heavy atom. The van der Waals surface area contributed by atoms with Gasteiger partial charge in [0, 0.05) is 27.7 Å². The first-order valence-electron chi connectivity index (χ1n) is 13.1. The van der Waals surface area contributed by atoms with E-state index in [1.54, 1.807) is 0 Å². The Morgan fingerprint density at radius 2 is 1.80 bits per heavy atom. The van der Waals surface area contributed by atoms with E-state index < -0.39 is 75.8 Å². The maximum atomic E-state index is 15.3. The molecule has 4 aromatic rings. The third-order valence-electron chi connectivity index (χ3n) is 6.27. The summed E-state index contributed by atoms with van der Waals surface area (Å²) in [6.45, 7) is 6.74. The van der Waals surface area contributed by atoms with Gasteiger partial charge in [0.25, 0.3) is 15.9 Å². The van der Waals surface area contributed by atoms with Crippen LogP contribution in [0.1, 0.15) is 18.2 Å². The topological polar surface area (TPSA) is 117 Å². The molecule has 0 atom stereocenters. The van der Waals surface area contributed by atoms with Crippen molar-refractivity contribution in [2.75, 3.05) is 18.4 Å². The summed E-state index contributed by atoms with van der Waals surface area (Å²) >= 11 is 0. The molecule has 3 heterocycles. The van der Waals surface area contributed by atoms with Gasteiger partial charge in [-0.2, -0.15) is 13.9 Å². The van der Waals surface area contributed by atoms with E-state index in [4.69, 9.17) is 14.2 Å². The summed E-state index contributed by atoms with van der Waals surface area (Å²) in [5.74, 6) is -7.31. The molecular weight excluding hydrogens is 629 g/mol. The first kappa shape index (κ1) is 33.1. The van der Waals surface area contributed by atoms with E-state index >= 15 is 4.39 Å². The second-order valence-corrected chi connectivity index (χ2v) is 18.3. The number of methoxy groups -OCH3 is 1. The van der Waals surface area contributed by atoms with Crippen molar-refractivity contribution in [3.63, 3.8) is 0 Å². The van der Waals surface area contributed by atoms with Crippen molar-refractivity contribution in [2.45, 2.75) is 56.8 Å². The van der Waals surface area contributed by atoms with Crippen LogP contribution in [0.25, 0.3) is 11.0 Å². The molecule has 3 aromatic heterocycles. The lowest BCUT2D eigenvalue weighted by molar-refractivity contribution is 0.0115. The number of ether oxygens (including phenoxy) is 3. The van der Waals surface area contributed by atoms with E-state index in [-0.39, 0.29) is 23.5 Å². The second-order valence-electron chi connectivity index (χ2n) is 11.1. The molecule has 0 fully saturated rings. The van der Waals surface area contributed by atoms with Crippen LogP contribution in [-0.2, 0) is 34.0 Å². The lowest BCUT2D eigenvalue weighted by Gasteiger charge is -2.15. The standard InChI is InChI=1S/C27H30F5N5O5SSi/c1-27(31,32)24-18-11-17(13-33-25(18)37(35-24)15-41-8-9-44(3,4)5)42-14-19-20(29)6-7-21(23(19)30)36-43(38,39)22-10-16(28)12-34-26(22)40-2/h6-7,10-13,36H,8-9,14-15H2,1-5H3. The van der Waals surface area contributed by atoms with Gasteiger partial charge < -0.3 is 14.2 Å². The zero-order chi connectivity index (χ0) is 32.4. The van der Waals surface area contributed by atoms with Gasteiger partial charge in [0.1, 0.15) is 36.4 Å². The molecule has 44 heavy (non-hydrogen) atoms. The van der Waals surface area contributed by atoms with E-state index in [1.165, 1.54) is 16.9 Å². The number of sulfonamides is 1. The fourth-order valence-electron chi connectivity index (χ4n) is 3.98. The molecule has 0 amide bonds. The molecule has 0 saturated carbocycles. The van der Waals surface area contributed by atoms with Gasteiger partial charge in [0.05, 0.1) is 36.1 Å². The van der Waals surface area contributed by atoms with E-state index in [2.05, 4.69) is 34.7 Å². The molecule has 238 valence electrons. The van der Waals surface area contributed by atoms with Gasteiger partial charge in [0.2, 0.25) is 5.88 Å². The van der Waals surface area contributed by atoms with Crippen LogP contribution in [0, 0.1) is 17.5 Å². The Hall–Kier alpha value is -3.83. The van der Waals surface area contributed by atoms with Crippen LogP contribution in [0.3, 0.4) is 0 Å². The molecule has 0 unspecified atom stereocenters. The molecule has 0 spiro atoms. The zero-order valence-electron chi connectivity index (χ0n) is 24.4. The summed E-state index contributed by atoms with van der Waals surface area (Å²) < 4.78 is 117. The highest BCUT2D eigenvalue weighted by atomic mass is 32.2. The normalized spacial score (nSPS) is 12.5. The molecule has 17 heteroatoms. The van der Waals surface area contributed by atoms with Crippen LogP contribution in [0.5, 0.6) is 11.6 Å². The average Bonchev–Trinajstić information content (AvgIpc) is 3.30. The first-order valence-corrected chi connectivity index (χ1v) is 18.3. The number of fused-ring (bicyclic) bond motifs is 1. The second kappa shape index (κ2) is 12.6. The molecule has 1 N–H and O–H groups in total. The minimum absolute atomic E-state index is 0.0519. The van der Waals surface area contributed by atoms with Gasteiger partial charge in [-0.15, -0.1) is 0 Å². The molecule has 0 aliphatic carbocycles. The quantitative estimate of drug-likeness (QED) is 0.105. The van der Waals surface area contributed by atoms with Gasteiger partial charge in [-0.3, -0.25) is 4.72 Å². The summed E-state index contributed by atoms with van der Waals surface area (Å²) in [7, 11) is -4.90. The number of hydrogen-bond acceptors (Lipinski definition) is 8. The van der Waals surface area contributed by atoms with Crippen LogP contribution in [0.2, 0.25) is 25.7 Å². The van der Waals surface area contributed by atoms with E-state index in [1.807, 2.05) is 4.72 Å². The number of pyridine rings is 2. The van der Waals surface area contributed by atoms with Gasteiger partial charge in [-0.05, 0) is 24.2 Å². The lowest BCUT2D eigenvalue weighted by Crippen LogP contribution is -2.22. The highest BCUT2D eigenvalue weighted by Crippen LogP contribution is 2.34. The minimum Gasteiger partial charge on any atom is -0.487 e. The Bertz CT molecular complexity index is 1780. The molecule has 0 radical (unpaired) electrons. The number of rotatable bonds is 13. The Morgan fingerprint density at radius 3 is 2.45 bits per heavy atom. The summed E-state index contributed by atoms with van der Waals surface area (Å²) in [4.78, 5) is 6.99. The van der Waals surface area contributed by atoms with Crippen molar-refractivity contribution in [1.29, 1.82) is 0 Å². The van der Waals surface area contributed by atoms with Gasteiger partial charge >= 0.3 is 0 Å². The van der Waals surface area contributed by atoms with E-state index in [0.717, 1.165) is 31.5 Å². The van der Waals surface area contributed by atoms with Crippen molar-refractivity contribution >= 4 is 34.8 Å². The van der Waals surface area contributed by atoms with Crippen molar-refractivity contribution in [3.8, 4) is 11.6 Å². The van der Waals surface area contributed by atoms with Crippen LogP contribution in [0.15, 0.2) is 41.6 Å². The number of anilines is 1. The Balaban J connectivity index is 1.57. The smallest absolute Gasteiger partial charge is 0.289 e. The highest BCUT2D eigenvalue weighted by molar-refractivity contribution is 7.92. The lowest BCUT2D eigenvalue weighted by atomic mass is 10.1. The maximum absolute atomic E-state index is 15.3. The van der Waals surface area contributed by atoms with E-state index in [9.17, 15) is 26.0 Å². The Kier molecular flexibility index (Phi) is 9.50. The summed E-state index contributed by atoms with van der Waals surface area (Å²) in [5.41, 5.74) is -1.84. The van der Waals surface area contributed by atoms with Crippen molar-refractivity contribution in [1.82, 2.24) is 19.7 Å². The SMILES string of the molecule is COc1ncc(F)cc1S(=O)(=O)Nc1ccc(F)c(COc2cnc3c(c2)c(C(C)(F)F)nn3COCC[Si](C)(C)C)c1F. The average molecular weight is 660 g/mol. The number of nitrogens with zero attached hydrogens (tertiary/aromatic N) is 4. The van der Waals surface area contributed by atoms with Crippen molar-refractivity contribution in [2.24, 2.45) is 0 Å². The first-order chi connectivity index (χ1) is 20.5. The number of nitrogens with one attached hydrogen (secondary N) is 1. The number of benzene rings is 1. The zero-order valence-corrected chi connectivity index (χ0v) is 26.2. The van der Waals surface area contributed by atoms with Gasteiger partial charge in [-0.25, -0.2) is 36.2 Å². The highest BCUT2D eigenvalue weighted by Gasteiger charge is 2.32. The van der Waals surface area contributed by atoms with Crippen LogP contribution in [-0.4, -0.2) is 50.0 Å². The Labute approximate surface area is 251 Å². The summed E-state index contributed by atoms with van der Waals surface area (Å²) in [6.07, 6.45) is 1.91.